The molecule has 1 aliphatic heterocycles. The molecule has 3 rings (SSSR count). The molecule has 0 atom stereocenters. The Bertz CT molecular complexity index is 1280. The number of carbonyl (C=O) groups is 1. The number of methoxy groups -OCH3 is 1. The van der Waals surface area contributed by atoms with Gasteiger partial charge < -0.3 is 14.8 Å². The SMILES string of the molecule is COc1ccc(NC(=O)CN(c2ccc(F)c(F)c2)S(C)(=O)=O)cc1S(=O)(=O)N1CCOCC1. The zero-order valence-electron chi connectivity index (χ0n) is 18.3. The summed E-state index contributed by atoms with van der Waals surface area (Å²) in [6.07, 6.45) is 0.807. The number of nitrogens with zero attached hydrogens (tertiary/aromatic N) is 2. The predicted molar refractivity (Wildman–Crippen MR) is 120 cm³/mol. The minimum absolute atomic E-state index is 0.0593. The Balaban J connectivity index is 1.86. The highest BCUT2D eigenvalue weighted by Gasteiger charge is 2.30. The number of rotatable bonds is 8. The second-order valence-corrected chi connectivity index (χ2v) is 11.1. The van der Waals surface area contributed by atoms with Crippen molar-refractivity contribution >= 4 is 37.3 Å². The van der Waals surface area contributed by atoms with Crippen LogP contribution in [0.3, 0.4) is 0 Å². The lowest BCUT2D eigenvalue weighted by Crippen LogP contribution is -2.40. The Morgan fingerprint density at radius 3 is 2.35 bits per heavy atom. The van der Waals surface area contributed by atoms with E-state index in [-0.39, 0.29) is 48.3 Å². The van der Waals surface area contributed by atoms with Crippen LogP contribution in [0.15, 0.2) is 41.3 Å². The first-order chi connectivity index (χ1) is 15.9. The minimum atomic E-state index is -4.04. The number of morpholine rings is 1. The van der Waals surface area contributed by atoms with E-state index in [9.17, 15) is 30.4 Å². The van der Waals surface area contributed by atoms with E-state index in [1.165, 1.54) is 29.6 Å². The molecule has 186 valence electrons. The third-order valence-corrected chi connectivity index (χ3v) is 7.97. The van der Waals surface area contributed by atoms with Crippen LogP contribution in [0.2, 0.25) is 0 Å². The highest BCUT2D eigenvalue weighted by molar-refractivity contribution is 7.92. The van der Waals surface area contributed by atoms with Crippen molar-refractivity contribution < 1.29 is 39.9 Å². The Morgan fingerprint density at radius 2 is 1.76 bits per heavy atom. The van der Waals surface area contributed by atoms with Crippen molar-refractivity contribution in [3.8, 4) is 5.75 Å². The molecule has 0 radical (unpaired) electrons. The number of sulfonamides is 2. The number of carbonyl (C=O) groups excluding carboxylic acids is 1. The third kappa shape index (κ3) is 5.81. The molecular weight excluding hydrogens is 496 g/mol. The maximum absolute atomic E-state index is 13.6. The summed E-state index contributed by atoms with van der Waals surface area (Å²) in [7, 11) is -6.71. The van der Waals surface area contributed by atoms with Crippen LogP contribution >= 0.6 is 0 Å². The maximum atomic E-state index is 13.6. The van der Waals surface area contributed by atoms with Crippen LogP contribution in [0.25, 0.3) is 0 Å². The van der Waals surface area contributed by atoms with Gasteiger partial charge in [-0.25, -0.2) is 25.6 Å². The summed E-state index contributed by atoms with van der Waals surface area (Å²) >= 11 is 0. The molecule has 1 fully saturated rings. The number of hydrogen-bond donors (Lipinski definition) is 1. The van der Waals surface area contributed by atoms with Crippen LogP contribution in [-0.2, 0) is 29.6 Å². The minimum Gasteiger partial charge on any atom is -0.495 e. The molecule has 10 nitrogen and oxygen atoms in total. The number of anilines is 2. The number of benzene rings is 2. The molecule has 14 heteroatoms. The standard InChI is InChI=1S/C20H23F2N3O7S2/c1-31-18-6-3-14(11-19(18)34(29,30)24-7-9-32-10-8-24)23-20(26)13-25(33(2,27)28)15-4-5-16(21)17(22)12-15/h3-6,11-12H,7-10,13H2,1-2H3,(H,23,26). The molecule has 34 heavy (non-hydrogen) atoms. The van der Waals surface area contributed by atoms with Crippen molar-refractivity contribution in [2.45, 2.75) is 4.90 Å². The van der Waals surface area contributed by atoms with Gasteiger partial charge in [0.05, 0.1) is 32.3 Å². The Kier molecular flexibility index (Phi) is 7.75. The molecule has 0 aromatic heterocycles. The van der Waals surface area contributed by atoms with Crippen molar-refractivity contribution in [2.24, 2.45) is 0 Å². The topological polar surface area (TPSA) is 122 Å². The molecule has 0 saturated carbocycles. The fraction of sp³-hybridized carbons (Fsp3) is 0.350. The molecule has 1 saturated heterocycles. The number of halogens is 2. The van der Waals surface area contributed by atoms with Gasteiger partial charge >= 0.3 is 0 Å². The molecule has 1 N–H and O–H groups in total. The Hall–Kier alpha value is -2.81. The lowest BCUT2D eigenvalue weighted by atomic mass is 10.3. The van der Waals surface area contributed by atoms with E-state index >= 15 is 0 Å². The van der Waals surface area contributed by atoms with E-state index in [4.69, 9.17) is 9.47 Å². The number of hydrogen-bond acceptors (Lipinski definition) is 7. The van der Waals surface area contributed by atoms with Gasteiger partial charge in [0.25, 0.3) is 0 Å². The quantitative estimate of drug-likeness (QED) is 0.559. The summed E-state index contributed by atoms with van der Waals surface area (Å²) in [5, 5.41) is 2.43. The van der Waals surface area contributed by atoms with Crippen molar-refractivity contribution in [1.29, 1.82) is 0 Å². The van der Waals surface area contributed by atoms with E-state index in [0.29, 0.717) is 10.4 Å². The normalized spacial score (nSPS) is 15.1. The predicted octanol–water partition coefficient (Wildman–Crippen LogP) is 1.40. The largest absolute Gasteiger partial charge is 0.495 e. The van der Waals surface area contributed by atoms with Crippen molar-refractivity contribution in [1.82, 2.24) is 4.31 Å². The molecule has 0 bridgehead atoms. The highest BCUT2D eigenvalue weighted by Crippen LogP contribution is 2.30. The monoisotopic (exact) mass is 519 g/mol. The van der Waals surface area contributed by atoms with Gasteiger partial charge in [-0.1, -0.05) is 0 Å². The maximum Gasteiger partial charge on any atom is 0.246 e. The zero-order valence-corrected chi connectivity index (χ0v) is 20.0. The first-order valence-electron chi connectivity index (χ1n) is 9.92. The summed E-state index contributed by atoms with van der Waals surface area (Å²) in [5.41, 5.74) is -0.182. The smallest absolute Gasteiger partial charge is 0.246 e. The molecule has 1 amide bonds. The summed E-state index contributed by atoms with van der Waals surface area (Å²) in [6.45, 7) is 0.0211. The van der Waals surface area contributed by atoms with Crippen LogP contribution in [0.4, 0.5) is 20.2 Å². The van der Waals surface area contributed by atoms with E-state index in [2.05, 4.69) is 5.32 Å². The fourth-order valence-electron chi connectivity index (χ4n) is 3.25. The average molecular weight is 520 g/mol. The van der Waals surface area contributed by atoms with E-state index in [1.54, 1.807) is 0 Å². The molecule has 1 aliphatic rings. The van der Waals surface area contributed by atoms with E-state index < -0.39 is 44.1 Å². The summed E-state index contributed by atoms with van der Waals surface area (Å²) in [5.74, 6) is -3.23. The second kappa shape index (κ2) is 10.2. The van der Waals surface area contributed by atoms with Gasteiger partial charge in [0, 0.05) is 24.8 Å². The van der Waals surface area contributed by atoms with Gasteiger partial charge in [0.15, 0.2) is 11.6 Å². The first kappa shape index (κ1) is 25.8. The second-order valence-electron chi connectivity index (χ2n) is 7.30. The van der Waals surface area contributed by atoms with Gasteiger partial charge in [0.1, 0.15) is 17.2 Å². The van der Waals surface area contributed by atoms with Gasteiger partial charge in [0.2, 0.25) is 26.0 Å². The molecule has 2 aromatic rings. The first-order valence-corrected chi connectivity index (χ1v) is 13.2. The zero-order chi connectivity index (χ0) is 25.1. The summed E-state index contributed by atoms with van der Waals surface area (Å²) in [4.78, 5) is 12.4. The molecular formula is C20H23F2N3O7S2. The van der Waals surface area contributed by atoms with E-state index in [0.717, 1.165) is 18.4 Å². The van der Waals surface area contributed by atoms with Gasteiger partial charge in [-0.15, -0.1) is 0 Å². The Labute approximate surface area is 196 Å². The Morgan fingerprint density at radius 1 is 1.09 bits per heavy atom. The van der Waals surface area contributed by atoms with Crippen LogP contribution < -0.4 is 14.4 Å². The van der Waals surface area contributed by atoms with Crippen LogP contribution in [0.5, 0.6) is 5.75 Å². The van der Waals surface area contributed by atoms with Crippen LogP contribution in [0, 0.1) is 11.6 Å². The highest BCUT2D eigenvalue weighted by atomic mass is 32.2. The van der Waals surface area contributed by atoms with E-state index in [1.807, 2.05) is 0 Å². The number of amides is 1. The summed E-state index contributed by atoms with van der Waals surface area (Å²) < 4.78 is 89.6. The van der Waals surface area contributed by atoms with Crippen molar-refractivity contribution in [2.75, 3.05) is 55.8 Å². The average Bonchev–Trinajstić information content (AvgIpc) is 2.79. The third-order valence-electron chi connectivity index (χ3n) is 4.91. The lowest BCUT2D eigenvalue weighted by Gasteiger charge is -2.27. The number of nitrogens with one attached hydrogen (secondary N) is 1. The molecule has 2 aromatic carbocycles. The van der Waals surface area contributed by atoms with Gasteiger partial charge in [-0.2, -0.15) is 4.31 Å². The molecule has 0 unspecified atom stereocenters. The molecule has 1 heterocycles. The van der Waals surface area contributed by atoms with Crippen LogP contribution in [-0.4, -0.2) is 73.3 Å². The fourth-order valence-corrected chi connectivity index (χ4v) is 5.69. The van der Waals surface area contributed by atoms with Gasteiger partial charge in [-0.3, -0.25) is 9.10 Å². The number of ether oxygens (including phenoxy) is 2. The summed E-state index contributed by atoms with van der Waals surface area (Å²) in [6, 6.07) is 6.36. The molecule has 0 spiro atoms. The lowest BCUT2D eigenvalue weighted by molar-refractivity contribution is -0.114. The van der Waals surface area contributed by atoms with Gasteiger partial charge in [-0.05, 0) is 30.3 Å². The van der Waals surface area contributed by atoms with Crippen molar-refractivity contribution in [3.05, 3.63) is 48.0 Å². The van der Waals surface area contributed by atoms with Crippen LogP contribution in [0.1, 0.15) is 0 Å². The molecule has 0 aliphatic carbocycles. The van der Waals surface area contributed by atoms with Crippen molar-refractivity contribution in [3.63, 3.8) is 0 Å².